The molecule has 0 saturated carbocycles. The van der Waals surface area contributed by atoms with Crippen molar-refractivity contribution >= 4 is 11.6 Å². The van der Waals surface area contributed by atoms with Gasteiger partial charge in [0.15, 0.2) is 0 Å². The minimum Gasteiger partial charge on any atom is -0.421 e. The van der Waals surface area contributed by atoms with Crippen molar-refractivity contribution in [3.05, 3.63) is 11.8 Å². The van der Waals surface area contributed by atoms with E-state index in [1.165, 1.54) is 0 Å². The van der Waals surface area contributed by atoms with E-state index in [4.69, 9.17) is 20.8 Å². The van der Waals surface area contributed by atoms with Gasteiger partial charge < -0.3 is 9.15 Å². The normalized spacial score (nSPS) is 10.5. The Balaban J connectivity index is 2.31. The lowest BCUT2D eigenvalue weighted by Crippen LogP contribution is -1.93. The van der Waals surface area contributed by atoms with E-state index < -0.39 is 0 Å². The maximum absolute atomic E-state index is 5.46. The Morgan fingerprint density at radius 1 is 1.42 bits per heavy atom. The van der Waals surface area contributed by atoms with Crippen LogP contribution in [0, 0.1) is 0 Å². The molecule has 0 saturated heterocycles. The Morgan fingerprint density at radius 2 is 2.17 bits per heavy atom. The van der Waals surface area contributed by atoms with Crippen molar-refractivity contribution < 1.29 is 9.15 Å². The highest BCUT2D eigenvalue weighted by atomic mass is 35.5. The van der Waals surface area contributed by atoms with Gasteiger partial charge in [0.25, 0.3) is 0 Å². The first-order chi connectivity index (χ1) is 5.86. The van der Waals surface area contributed by atoms with Gasteiger partial charge in [0.2, 0.25) is 11.8 Å². The van der Waals surface area contributed by atoms with Crippen molar-refractivity contribution in [2.24, 2.45) is 0 Å². The molecule has 0 aliphatic carbocycles. The van der Waals surface area contributed by atoms with Gasteiger partial charge in [-0.2, -0.15) is 0 Å². The van der Waals surface area contributed by atoms with Crippen molar-refractivity contribution in [1.29, 1.82) is 0 Å². The summed E-state index contributed by atoms with van der Waals surface area (Å²) in [6.45, 7) is 3.12. The van der Waals surface area contributed by atoms with Crippen LogP contribution in [0.5, 0.6) is 0 Å². The van der Waals surface area contributed by atoms with E-state index in [0.29, 0.717) is 25.0 Å². The van der Waals surface area contributed by atoms with E-state index in [-0.39, 0.29) is 5.88 Å². The molecule has 1 heterocycles. The zero-order valence-electron chi connectivity index (χ0n) is 6.92. The Bertz CT molecular complexity index is 227. The Morgan fingerprint density at radius 3 is 2.75 bits per heavy atom. The van der Waals surface area contributed by atoms with Crippen LogP contribution < -0.4 is 0 Å². The molecular formula is C7H11ClN2O2. The second kappa shape index (κ2) is 5.11. The molecule has 0 radical (unpaired) electrons. The lowest BCUT2D eigenvalue weighted by atomic mass is 10.5. The fraction of sp³-hybridized carbons (Fsp3) is 0.714. The zero-order valence-corrected chi connectivity index (χ0v) is 7.67. The van der Waals surface area contributed by atoms with Gasteiger partial charge in [0.1, 0.15) is 12.5 Å². The van der Waals surface area contributed by atoms with E-state index in [1.54, 1.807) is 0 Å². The summed E-state index contributed by atoms with van der Waals surface area (Å²) in [7, 11) is 0. The molecule has 1 aromatic heterocycles. The Hall–Kier alpha value is -0.610. The number of aromatic nitrogens is 2. The summed E-state index contributed by atoms with van der Waals surface area (Å²) in [5.74, 6) is 1.17. The SMILES string of the molecule is CCCOCc1nnc(CCl)o1. The number of rotatable bonds is 5. The Kier molecular flexibility index (Phi) is 4.04. The van der Waals surface area contributed by atoms with Crippen LogP contribution in [0.2, 0.25) is 0 Å². The molecule has 12 heavy (non-hydrogen) atoms. The highest BCUT2D eigenvalue weighted by molar-refractivity contribution is 6.16. The summed E-state index contributed by atoms with van der Waals surface area (Å²) in [5, 5.41) is 7.42. The van der Waals surface area contributed by atoms with Crippen LogP contribution in [0.3, 0.4) is 0 Å². The number of alkyl halides is 1. The summed E-state index contributed by atoms with van der Waals surface area (Å²) < 4.78 is 10.3. The van der Waals surface area contributed by atoms with Gasteiger partial charge in [-0.15, -0.1) is 21.8 Å². The summed E-state index contributed by atoms with van der Waals surface area (Å²) in [4.78, 5) is 0. The van der Waals surface area contributed by atoms with E-state index in [2.05, 4.69) is 10.2 Å². The molecule has 0 bridgehead atoms. The Labute approximate surface area is 75.9 Å². The summed E-state index contributed by atoms with van der Waals surface area (Å²) in [5.41, 5.74) is 0. The van der Waals surface area contributed by atoms with Crippen molar-refractivity contribution in [2.45, 2.75) is 25.8 Å². The van der Waals surface area contributed by atoms with Crippen LogP contribution in [-0.2, 0) is 17.2 Å². The van der Waals surface area contributed by atoms with E-state index >= 15 is 0 Å². The zero-order chi connectivity index (χ0) is 8.81. The standard InChI is InChI=1S/C7H11ClN2O2/c1-2-3-11-5-7-10-9-6(4-8)12-7/h2-5H2,1H3. The van der Waals surface area contributed by atoms with Crippen LogP contribution in [0.15, 0.2) is 4.42 Å². The summed E-state index contributed by atoms with van der Waals surface area (Å²) in [6, 6.07) is 0. The number of ether oxygens (including phenoxy) is 1. The first kappa shape index (κ1) is 9.48. The summed E-state index contributed by atoms with van der Waals surface area (Å²) >= 11 is 5.46. The second-order valence-electron chi connectivity index (χ2n) is 2.28. The van der Waals surface area contributed by atoms with E-state index in [0.717, 1.165) is 6.42 Å². The lowest BCUT2D eigenvalue weighted by molar-refractivity contribution is 0.102. The van der Waals surface area contributed by atoms with Gasteiger partial charge >= 0.3 is 0 Å². The van der Waals surface area contributed by atoms with Gasteiger partial charge in [0, 0.05) is 6.61 Å². The topological polar surface area (TPSA) is 48.2 Å². The molecule has 0 atom stereocenters. The average molecular weight is 191 g/mol. The first-order valence-electron chi connectivity index (χ1n) is 3.81. The average Bonchev–Trinajstić information content (AvgIpc) is 2.53. The minimum absolute atomic E-state index is 0.251. The summed E-state index contributed by atoms with van der Waals surface area (Å²) in [6.07, 6.45) is 0.983. The largest absolute Gasteiger partial charge is 0.421 e. The van der Waals surface area contributed by atoms with Gasteiger partial charge in [-0.3, -0.25) is 0 Å². The predicted molar refractivity (Wildman–Crippen MR) is 43.8 cm³/mol. The van der Waals surface area contributed by atoms with Crippen LogP contribution in [0.1, 0.15) is 25.1 Å². The van der Waals surface area contributed by atoms with E-state index in [1.807, 2.05) is 6.92 Å². The third-order valence-electron chi connectivity index (χ3n) is 1.20. The van der Waals surface area contributed by atoms with Gasteiger partial charge in [-0.1, -0.05) is 6.92 Å². The van der Waals surface area contributed by atoms with Gasteiger partial charge in [0.05, 0.1) is 0 Å². The van der Waals surface area contributed by atoms with Crippen LogP contribution in [0.25, 0.3) is 0 Å². The molecule has 0 unspecified atom stereocenters. The van der Waals surface area contributed by atoms with E-state index in [9.17, 15) is 0 Å². The maximum Gasteiger partial charge on any atom is 0.242 e. The second-order valence-corrected chi connectivity index (χ2v) is 2.54. The van der Waals surface area contributed by atoms with Crippen molar-refractivity contribution in [2.75, 3.05) is 6.61 Å². The quantitative estimate of drug-likeness (QED) is 0.524. The molecule has 0 spiro atoms. The van der Waals surface area contributed by atoms with Crippen LogP contribution in [-0.4, -0.2) is 16.8 Å². The number of halogens is 1. The molecule has 1 rings (SSSR count). The molecule has 4 nitrogen and oxygen atoms in total. The molecule has 5 heteroatoms. The molecule has 0 amide bonds. The fourth-order valence-electron chi connectivity index (χ4n) is 0.705. The number of nitrogens with zero attached hydrogens (tertiary/aromatic N) is 2. The van der Waals surface area contributed by atoms with Crippen molar-refractivity contribution in [1.82, 2.24) is 10.2 Å². The number of hydrogen-bond donors (Lipinski definition) is 0. The molecule has 1 aromatic rings. The molecular weight excluding hydrogens is 180 g/mol. The smallest absolute Gasteiger partial charge is 0.242 e. The van der Waals surface area contributed by atoms with Gasteiger partial charge in [-0.05, 0) is 6.42 Å². The van der Waals surface area contributed by atoms with Crippen LogP contribution in [0.4, 0.5) is 0 Å². The molecule has 0 N–H and O–H groups in total. The molecule has 0 aliphatic heterocycles. The molecule has 0 aromatic carbocycles. The number of hydrogen-bond acceptors (Lipinski definition) is 4. The highest BCUT2D eigenvalue weighted by Gasteiger charge is 2.03. The van der Waals surface area contributed by atoms with Crippen molar-refractivity contribution in [3.63, 3.8) is 0 Å². The predicted octanol–water partition coefficient (Wildman–Crippen LogP) is 1.74. The third kappa shape index (κ3) is 2.79. The maximum atomic E-state index is 5.46. The molecule has 0 aliphatic rings. The minimum atomic E-state index is 0.251. The van der Waals surface area contributed by atoms with Gasteiger partial charge in [-0.25, -0.2) is 0 Å². The van der Waals surface area contributed by atoms with Crippen LogP contribution >= 0.6 is 11.6 Å². The first-order valence-corrected chi connectivity index (χ1v) is 4.35. The highest BCUT2D eigenvalue weighted by Crippen LogP contribution is 2.03. The third-order valence-corrected chi connectivity index (χ3v) is 1.43. The fourth-order valence-corrected chi connectivity index (χ4v) is 0.813. The monoisotopic (exact) mass is 190 g/mol. The van der Waals surface area contributed by atoms with Crippen molar-refractivity contribution in [3.8, 4) is 0 Å². The molecule has 0 fully saturated rings. The lowest BCUT2D eigenvalue weighted by Gasteiger charge is -1.95. The molecule has 68 valence electrons.